The summed E-state index contributed by atoms with van der Waals surface area (Å²) in [6.45, 7) is 3.53. The molecule has 3 aromatic heterocycles. The highest BCUT2D eigenvalue weighted by Crippen LogP contribution is 2.39. The number of allylic oxidation sites excluding steroid dienone is 1. The molecule has 0 radical (unpaired) electrons. The molecule has 5 rings (SSSR count). The minimum absolute atomic E-state index is 0.0441. The minimum atomic E-state index is -2.70. The Hall–Kier alpha value is -3.38. The van der Waals surface area contributed by atoms with E-state index in [-0.39, 0.29) is 16.9 Å². The number of carbonyl (C=O) groups excluding carboxylic acids is 1. The van der Waals surface area contributed by atoms with Gasteiger partial charge in [-0.1, -0.05) is 13.0 Å². The van der Waals surface area contributed by atoms with Crippen molar-refractivity contribution in [3.05, 3.63) is 51.7 Å². The molecular weight excluding hydrogens is 558 g/mol. The number of halogens is 1. The number of rotatable bonds is 6. The second kappa shape index (κ2) is 9.82. The zero-order valence-corrected chi connectivity index (χ0v) is 23.0. The van der Waals surface area contributed by atoms with Crippen molar-refractivity contribution in [3.8, 4) is 5.69 Å². The van der Waals surface area contributed by atoms with Gasteiger partial charge in [-0.3, -0.25) is 9.78 Å². The van der Waals surface area contributed by atoms with Gasteiger partial charge in [0.25, 0.3) is 0 Å². The van der Waals surface area contributed by atoms with Gasteiger partial charge in [-0.2, -0.15) is 10.1 Å². The Bertz CT molecular complexity index is 1640. The van der Waals surface area contributed by atoms with Gasteiger partial charge < -0.3 is 10.6 Å². The first-order valence-electron chi connectivity index (χ1n) is 11.8. The molecule has 37 heavy (non-hydrogen) atoms. The molecule has 10 nitrogen and oxygen atoms in total. The Labute approximate surface area is 223 Å². The second-order valence-corrected chi connectivity index (χ2v) is 11.5. The lowest BCUT2D eigenvalue weighted by Gasteiger charge is -2.22. The van der Waals surface area contributed by atoms with Crippen LogP contribution in [0.15, 0.2) is 46.2 Å². The summed E-state index contributed by atoms with van der Waals surface area (Å²) < 4.78 is 25.3. The van der Waals surface area contributed by atoms with Crippen LogP contribution in [0, 0.1) is 5.41 Å². The lowest BCUT2D eigenvalue weighted by atomic mass is 9.87. The summed E-state index contributed by atoms with van der Waals surface area (Å²) in [6.07, 6.45) is 7.30. The van der Waals surface area contributed by atoms with Gasteiger partial charge in [-0.05, 0) is 66.4 Å². The van der Waals surface area contributed by atoms with Crippen molar-refractivity contribution in [3.63, 3.8) is 0 Å². The highest BCUT2D eigenvalue weighted by Gasteiger charge is 2.41. The molecular formula is C25H26BrN7O3S. The van der Waals surface area contributed by atoms with Crippen molar-refractivity contribution in [1.82, 2.24) is 30.0 Å². The molecule has 0 aliphatic heterocycles. The van der Waals surface area contributed by atoms with E-state index in [4.69, 9.17) is 4.98 Å². The predicted molar refractivity (Wildman–Crippen MR) is 147 cm³/mol. The Balaban J connectivity index is 1.56. The molecule has 192 valence electrons. The maximum absolute atomic E-state index is 12.3. The first-order chi connectivity index (χ1) is 17.7. The van der Waals surface area contributed by atoms with Gasteiger partial charge in [0.1, 0.15) is 4.60 Å². The molecule has 1 aromatic carbocycles. The van der Waals surface area contributed by atoms with Crippen LogP contribution in [0.2, 0.25) is 0 Å². The molecule has 0 unspecified atom stereocenters. The number of fused-ring (bicyclic) bond motifs is 2. The third-order valence-electron chi connectivity index (χ3n) is 6.85. The summed E-state index contributed by atoms with van der Waals surface area (Å²) in [4.78, 5) is 26.2. The quantitative estimate of drug-likeness (QED) is 0.292. The molecule has 1 aliphatic rings. The Morgan fingerprint density at radius 1 is 1.30 bits per heavy atom. The molecule has 0 spiro atoms. The number of thiol groups is 1. The molecule has 4 aromatic rings. The van der Waals surface area contributed by atoms with Crippen LogP contribution in [0.25, 0.3) is 33.7 Å². The number of nitrogens with one attached hydrogen (secondary N) is 2. The zero-order valence-electron chi connectivity index (χ0n) is 20.5. The van der Waals surface area contributed by atoms with Crippen LogP contribution in [0.4, 0.5) is 5.95 Å². The van der Waals surface area contributed by atoms with Crippen LogP contribution in [-0.2, 0) is 15.5 Å². The van der Waals surface area contributed by atoms with Gasteiger partial charge >= 0.3 is 0 Å². The minimum Gasteiger partial charge on any atom is -0.359 e. The van der Waals surface area contributed by atoms with E-state index in [1.54, 1.807) is 37.1 Å². The second-order valence-electron chi connectivity index (χ2n) is 9.51. The van der Waals surface area contributed by atoms with Crippen molar-refractivity contribution < 1.29 is 13.2 Å². The van der Waals surface area contributed by atoms with Gasteiger partial charge in [0, 0.05) is 46.8 Å². The summed E-state index contributed by atoms with van der Waals surface area (Å²) in [5.74, 6) is 0.497. The molecule has 12 heteroatoms. The van der Waals surface area contributed by atoms with E-state index in [2.05, 4.69) is 41.6 Å². The average Bonchev–Trinajstić information content (AvgIpc) is 3.43. The number of hydrogen-bond acceptors (Lipinski definition) is 8. The average molecular weight is 584 g/mol. The van der Waals surface area contributed by atoms with Crippen LogP contribution in [-0.4, -0.2) is 52.1 Å². The van der Waals surface area contributed by atoms with Crippen LogP contribution in [0.3, 0.4) is 0 Å². The fourth-order valence-electron chi connectivity index (χ4n) is 4.89. The molecule has 1 amide bonds. The van der Waals surface area contributed by atoms with Gasteiger partial charge in [-0.25, -0.2) is 18.1 Å². The van der Waals surface area contributed by atoms with E-state index in [9.17, 15) is 13.2 Å². The standard InChI is InChI=1S/C25H26BrN7O3S/c1-14(37(35)36)9-16-11-18(10-15-5-4-8-28-20(15)16)33-22-19(21(26)32-33)13-29-24(31-22)30-17-6-7-25(2,12-17)23(34)27-3/h4-5,8-11,13,17,37H,6-7,12H2,1-3H3,(H,27,34)(H,29,30,31)/b14-9+/t17-,25-/m1/s1. The normalized spacial score (nSPS) is 20.1. The van der Waals surface area contributed by atoms with Crippen LogP contribution < -0.4 is 10.6 Å². The molecule has 1 saturated carbocycles. The largest absolute Gasteiger partial charge is 0.359 e. The number of aromatic nitrogens is 5. The number of amides is 1. The predicted octanol–water partition coefficient (Wildman–Crippen LogP) is 3.82. The molecule has 0 saturated heterocycles. The van der Waals surface area contributed by atoms with Crippen molar-refractivity contribution in [1.29, 1.82) is 0 Å². The summed E-state index contributed by atoms with van der Waals surface area (Å²) in [5, 5.41) is 12.4. The summed E-state index contributed by atoms with van der Waals surface area (Å²) in [6, 6.07) is 7.60. The topological polar surface area (TPSA) is 132 Å². The third-order valence-corrected chi connectivity index (χ3v) is 8.14. The van der Waals surface area contributed by atoms with Gasteiger partial charge in [0.2, 0.25) is 11.9 Å². The molecule has 2 N–H and O–H groups in total. The van der Waals surface area contributed by atoms with E-state index in [0.717, 1.165) is 23.6 Å². The Morgan fingerprint density at radius 3 is 2.86 bits per heavy atom. The number of nitrogens with zero attached hydrogens (tertiary/aromatic N) is 5. The molecule has 1 aliphatic carbocycles. The number of carbonyl (C=O) groups is 1. The fraction of sp³-hybridized carbons (Fsp3) is 0.320. The van der Waals surface area contributed by atoms with E-state index < -0.39 is 16.1 Å². The fourth-order valence-corrected chi connectivity index (χ4v) is 5.57. The van der Waals surface area contributed by atoms with Gasteiger partial charge in [0.05, 0.1) is 16.6 Å². The van der Waals surface area contributed by atoms with E-state index in [0.29, 0.717) is 39.4 Å². The van der Waals surface area contributed by atoms with Gasteiger partial charge in [0.15, 0.2) is 16.4 Å². The lowest BCUT2D eigenvalue weighted by molar-refractivity contribution is -0.129. The van der Waals surface area contributed by atoms with Crippen molar-refractivity contribution in [2.45, 2.75) is 39.2 Å². The number of anilines is 1. The smallest absolute Gasteiger partial charge is 0.225 e. The van der Waals surface area contributed by atoms with Gasteiger partial charge in [-0.15, -0.1) is 0 Å². The maximum Gasteiger partial charge on any atom is 0.225 e. The van der Waals surface area contributed by atoms with Crippen molar-refractivity contribution in [2.75, 3.05) is 12.4 Å². The summed E-state index contributed by atoms with van der Waals surface area (Å²) >= 11 is 3.51. The molecule has 0 bridgehead atoms. The zero-order chi connectivity index (χ0) is 26.3. The first kappa shape index (κ1) is 25.3. The Morgan fingerprint density at radius 2 is 2.11 bits per heavy atom. The highest BCUT2D eigenvalue weighted by molar-refractivity contribution is 9.10. The SMILES string of the molecule is CNC(=O)[C@]1(C)CC[C@@H](Nc2ncc3c(Br)nn(-c4cc(/C=C(\C)[SH](=O)=O)c5ncccc5c4)c3n2)C1. The first-order valence-corrected chi connectivity index (χ1v) is 13.8. The molecule has 3 heterocycles. The van der Waals surface area contributed by atoms with Crippen molar-refractivity contribution >= 4 is 66.5 Å². The van der Waals surface area contributed by atoms with Crippen LogP contribution in [0.1, 0.15) is 38.7 Å². The number of pyridine rings is 1. The molecule has 1 fully saturated rings. The third kappa shape index (κ3) is 4.82. The summed E-state index contributed by atoms with van der Waals surface area (Å²) in [7, 11) is -1.04. The highest BCUT2D eigenvalue weighted by atomic mass is 79.9. The maximum atomic E-state index is 12.3. The van der Waals surface area contributed by atoms with Crippen LogP contribution >= 0.6 is 15.9 Å². The molecule has 2 atom stereocenters. The van der Waals surface area contributed by atoms with E-state index >= 15 is 0 Å². The monoisotopic (exact) mass is 583 g/mol. The number of benzene rings is 1. The van der Waals surface area contributed by atoms with Crippen LogP contribution in [0.5, 0.6) is 0 Å². The Kier molecular flexibility index (Phi) is 6.71. The lowest BCUT2D eigenvalue weighted by Crippen LogP contribution is -2.35. The number of hydrogen-bond donors (Lipinski definition) is 3. The van der Waals surface area contributed by atoms with E-state index in [1.807, 2.05) is 31.2 Å². The van der Waals surface area contributed by atoms with E-state index in [1.165, 1.54) is 0 Å². The summed E-state index contributed by atoms with van der Waals surface area (Å²) in [5.41, 5.74) is 2.22. The van der Waals surface area contributed by atoms with Crippen molar-refractivity contribution in [2.24, 2.45) is 5.41 Å².